The van der Waals surface area contributed by atoms with Crippen LogP contribution < -0.4 is 20.9 Å². The molecule has 6 nitrogen and oxygen atoms in total. The van der Waals surface area contributed by atoms with E-state index in [-0.39, 0.29) is 17.9 Å². The lowest BCUT2D eigenvalue weighted by Crippen LogP contribution is -2.39. The van der Waals surface area contributed by atoms with Crippen molar-refractivity contribution in [3.05, 3.63) is 24.3 Å². The number of ether oxygens (including phenoxy) is 1. The van der Waals surface area contributed by atoms with E-state index in [9.17, 15) is 9.59 Å². The van der Waals surface area contributed by atoms with Crippen molar-refractivity contribution in [3.8, 4) is 5.75 Å². The zero-order chi connectivity index (χ0) is 14.8. The van der Waals surface area contributed by atoms with Crippen molar-refractivity contribution in [1.82, 2.24) is 10.9 Å². The number of benzene rings is 1. The fraction of sp³-hybridized carbons (Fsp3) is 0.467. The van der Waals surface area contributed by atoms with Gasteiger partial charge in [0.05, 0.1) is 0 Å². The SMILES string of the molecule is CC(=O)Nc1ccc(OC(=O)C2CC(C3CC3)NN2)cc1. The van der Waals surface area contributed by atoms with Crippen LogP contribution in [0.5, 0.6) is 5.75 Å². The Hall–Kier alpha value is -1.92. The van der Waals surface area contributed by atoms with E-state index in [2.05, 4.69) is 16.2 Å². The van der Waals surface area contributed by atoms with Gasteiger partial charge in [0.15, 0.2) is 0 Å². The van der Waals surface area contributed by atoms with Gasteiger partial charge in [-0.3, -0.25) is 10.2 Å². The van der Waals surface area contributed by atoms with E-state index in [1.165, 1.54) is 19.8 Å². The van der Waals surface area contributed by atoms with Crippen LogP contribution in [0, 0.1) is 5.92 Å². The van der Waals surface area contributed by atoms with E-state index < -0.39 is 0 Å². The predicted molar refractivity (Wildman–Crippen MR) is 77.6 cm³/mol. The summed E-state index contributed by atoms with van der Waals surface area (Å²) in [5, 5.41) is 2.66. The molecule has 1 aliphatic heterocycles. The highest BCUT2D eigenvalue weighted by atomic mass is 16.5. The fourth-order valence-corrected chi connectivity index (χ4v) is 2.54. The Kier molecular flexibility index (Phi) is 3.90. The van der Waals surface area contributed by atoms with Gasteiger partial charge in [0.25, 0.3) is 0 Å². The summed E-state index contributed by atoms with van der Waals surface area (Å²) in [6.07, 6.45) is 3.25. The molecule has 2 atom stereocenters. The number of esters is 1. The molecule has 1 aromatic rings. The molecule has 1 aromatic carbocycles. The summed E-state index contributed by atoms with van der Waals surface area (Å²) in [6.45, 7) is 1.45. The van der Waals surface area contributed by atoms with Gasteiger partial charge in [-0.05, 0) is 49.4 Å². The molecule has 0 aromatic heterocycles. The minimum absolute atomic E-state index is 0.132. The molecule has 1 aliphatic carbocycles. The van der Waals surface area contributed by atoms with Crippen molar-refractivity contribution >= 4 is 17.6 Å². The van der Waals surface area contributed by atoms with Gasteiger partial charge >= 0.3 is 5.97 Å². The van der Waals surface area contributed by atoms with Crippen LogP contribution in [0.1, 0.15) is 26.2 Å². The topological polar surface area (TPSA) is 79.5 Å². The second-order valence-corrected chi connectivity index (χ2v) is 5.65. The molecule has 1 saturated carbocycles. The standard InChI is InChI=1S/C15H19N3O3/c1-9(19)16-11-4-6-12(7-5-11)21-15(20)14-8-13(17-18-14)10-2-3-10/h4-7,10,13-14,17-18H,2-3,8H2,1H3,(H,16,19). The van der Waals surface area contributed by atoms with Gasteiger partial charge < -0.3 is 10.1 Å². The molecule has 21 heavy (non-hydrogen) atoms. The van der Waals surface area contributed by atoms with E-state index in [1.54, 1.807) is 24.3 Å². The Morgan fingerprint density at radius 3 is 2.52 bits per heavy atom. The minimum atomic E-state index is -0.300. The maximum absolute atomic E-state index is 12.1. The number of anilines is 1. The molecule has 6 heteroatoms. The van der Waals surface area contributed by atoms with Crippen molar-refractivity contribution in [1.29, 1.82) is 0 Å². The van der Waals surface area contributed by atoms with Gasteiger partial charge in [-0.15, -0.1) is 0 Å². The number of hydrogen-bond acceptors (Lipinski definition) is 5. The third-order valence-corrected chi connectivity index (χ3v) is 3.80. The Bertz CT molecular complexity index is 540. The molecule has 2 fully saturated rings. The average molecular weight is 289 g/mol. The zero-order valence-corrected chi connectivity index (χ0v) is 11.9. The summed E-state index contributed by atoms with van der Waals surface area (Å²) in [5.41, 5.74) is 6.85. The van der Waals surface area contributed by atoms with E-state index in [1.807, 2.05) is 0 Å². The third kappa shape index (κ3) is 3.59. The molecule has 1 amide bonds. The Balaban J connectivity index is 1.53. The highest BCUT2D eigenvalue weighted by molar-refractivity contribution is 5.88. The van der Waals surface area contributed by atoms with E-state index in [4.69, 9.17) is 4.74 Å². The van der Waals surface area contributed by atoms with Crippen molar-refractivity contribution in [2.45, 2.75) is 38.3 Å². The lowest BCUT2D eigenvalue weighted by Gasteiger charge is -2.10. The molecule has 3 N–H and O–H groups in total. The van der Waals surface area contributed by atoms with E-state index in [0.29, 0.717) is 23.4 Å². The maximum atomic E-state index is 12.1. The third-order valence-electron chi connectivity index (χ3n) is 3.80. The normalized spacial score (nSPS) is 24.6. The van der Waals surface area contributed by atoms with Crippen molar-refractivity contribution in [3.63, 3.8) is 0 Å². The highest BCUT2D eigenvalue weighted by Crippen LogP contribution is 2.35. The Morgan fingerprint density at radius 1 is 1.19 bits per heavy atom. The van der Waals surface area contributed by atoms with Gasteiger partial charge in [-0.2, -0.15) is 0 Å². The summed E-state index contributed by atoms with van der Waals surface area (Å²) in [5.74, 6) is 0.767. The van der Waals surface area contributed by atoms with Gasteiger partial charge in [-0.1, -0.05) is 0 Å². The number of hydrazine groups is 1. The number of carbonyl (C=O) groups is 2. The molecule has 0 bridgehead atoms. The van der Waals surface area contributed by atoms with Crippen LogP contribution in [-0.2, 0) is 9.59 Å². The van der Waals surface area contributed by atoms with Crippen LogP contribution in [0.2, 0.25) is 0 Å². The van der Waals surface area contributed by atoms with Gasteiger partial charge in [0.1, 0.15) is 11.8 Å². The summed E-state index contributed by atoms with van der Waals surface area (Å²) >= 11 is 0. The lowest BCUT2D eigenvalue weighted by atomic mass is 10.1. The van der Waals surface area contributed by atoms with Gasteiger partial charge in [0.2, 0.25) is 5.91 Å². The van der Waals surface area contributed by atoms with Crippen LogP contribution >= 0.6 is 0 Å². The first-order valence-corrected chi connectivity index (χ1v) is 7.22. The first kappa shape index (κ1) is 14.0. The molecule has 2 aliphatic rings. The van der Waals surface area contributed by atoms with Crippen LogP contribution in [0.3, 0.4) is 0 Å². The van der Waals surface area contributed by atoms with Crippen molar-refractivity contribution in [2.75, 3.05) is 5.32 Å². The zero-order valence-electron chi connectivity index (χ0n) is 11.9. The fourth-order valence-electron chi connectivity index (χ4n) is 2.54. The van der Waals surface area contributed by atoms with E-state index in [0.717, 1.165) is 6.42 Å². The minimum Gasteiger partial charge on any atom is -0.425 e. The highest BCUT2D eigenvalue weighted by Gasteiger charge is 2.39. The molecule has 1 saturated heterocycles. The number of nitrogens with one attached hydrogen (secondary N) is 3. The smallest absolute Gasteiger partial charge is 0.329 e. The predicted octanol–water partition coefficient (Wildman–Crippen LogP) is 1.20. The van der Waals surface area contributed by atoms with Crippen LogP contribution in [0.25, 0.3) is 0 Å². The Morgan fingerprint density at radius 2 is 1.90 bits per heavy atom. The van der Waals surface area contributed by atoms with Crippen LogP contribution in [-0.4, -0.2) is 24.0 Å². The second-order valence-electron chi connectivity index (χ2n) is 5.65. The molecule has 112 valence electrons. The monoisotopic (exact) mass is 289 g/mol. The molecule has 0 spiro atoms. The molecule has 3 rings (SSSR count). The summed E-state index contributed by atoms with van der Waals surface area (Å²) in [6, 6.07) is 6.83. The largest absolute Gasteiger partial charge is 0.425 e. The number of hydrogen-bond donors (Lipinski definition) is 3. The Labute approximate surface area is 123 Å². The second kappa shape index (κ2) is 5.83. The first-order valence-electron chi connectivity index (χ1n) is 7.22. The molecule has 0 radical (unpaired) electrons. The summed E-state index contributed by atoms with van der Waals surface area (Å²) in [7, 11) is 0. The molecule has 1 heterocycles. The summed E-state index contributed by atoms with van der Waals surface area (Å²) in [4.78, 5) is 23.0. The first-order chi connectivity index (χ1) is 10.1. The molecular weight excluding hydrogens is 270 g/mol. The van der Waals surface area contributed by atoms with Gasteiger partial charge in [0, 0.05) is 18.7 Å². The molecule has 2 unspecified atom stereocenters. The number of carbonyl (C=O) groups excluding carboxylic acids is 2. The van der Waals surface area contributed by atoms with Crippen LogP contribution in [0.4, 0.5) is 5.69 Å². The molecular formula is C15H19N3O3. The summed E-state index contributed by atoms with van der Waals surface area (Å²) < 4.78 is 5.35. The maximum Gasteiger partial charge on any atom is 0.329 e. The van der Waals surface area contributed by atoms with Crippen molar-refractivity contribution < 1.29 is 14.3 Å². The van der Waals surface area contributed by atoms with Crippen LogP contribution in [0.15, 0.2) is 24.3 Å². The number of rotatable bonds is 4. The average Bonchev–Trinajstić information content (AvgIpc) is 3.18. The number of amides is 1. The lowest BCUT2D eigenvalue weighted by molar-refractivity contribution is -0.136. The quantitative estimate of drug-likeness (QED) is 0.573. The van der Waals surface area contributed by atoms with Crippen molar-refractivity contribution in [2.24, 2.45) is 5.92 Å². The van der Waals surface area contributed by atoms with E-state index >= 15 is 0 Å². The van der Waals surface area contributed by atoms with Gasteiger partial charge in [-0.25, -0.2) is 10.2 Å².